The molecule has 88 valence electrons. The lowest BCUT2D eigenvalue weighted by molar-refractivity contribution is 0.306. The number of benzene rings is 1. The molecular weight excluding hydrogens is 198 g/mol. The van der Waals surface area contributed by atoms with E-state index in [9.17, 15) is 5.21 Å². The highest BCUT2D eigenvalue weighted by molar-refractivity contribution is 6.03. The molecule has 0 spiro atoms. The highest BCUT2D eigenvalue weighted by Gasteiger charge is 2.26. The second kappa shape index (κ2) is 5.69. The van der Waals surface area contributed by atoms with E-state index in [2.05, 4.69) is 25.9 Å². The fraction of sp³-hybridized carbons (Fsp3) is 0.500. The fourth-order valence-corrected chi connectivity index (χ4v) is 1.92. The van der Waals surface area contributed by atoms with Gasteiger partial charge in [0.1, 0.15) is 0 Å². The molecule has 0 amide bonds. The van der Waals surface area contributed by atoms with Crippen LogP contribution in [0.4, 0.5) is 0 Å². The zero-order valence-corrected chi connectivity index (χ0v) is 10.4. The van der Waals surface area contributed by atoms with E-state index in [1.54, 1.807) is 0 Å². The summed E-state index contributed by atoms with van der Waals surface area (Å²) >= 11 is 0. The molecule has 0 atom stereocenters. The van der Waals surface area contributed by atoms with E-state index in [1.807, 2.05) is 30.3 Å². The van der Waals surface area contributed by atoms with Crippen molar-refractivity contribution in [3.8, 4) is 0 Å². The zero-order valence-electron chi connectivity index (χ0n) is 10.4. The minimum atomic E-state index is -0.0773. The Bertz CT molecular complexity index is 341. The summed E-state index contributed by atoms with van der Waals surface area (Å²) in [5.41, 5.74) is 1.71. The van der Waals surface area contributed by atoms with Gasteiger partial charge in [0, 0.05) is 5.41 Å². The van der Waals surface area contributed by atoms with Crippen molar-refractivity contribution in [3.63, 3.8) is 0 Å². The Hall–Kier alpha value is -1.31. The molecule has 0 aliphatic carbocycles. The van der Waals surface area contributed by atoms with Crippen LogP contribution in [0.2, 0.25) is 0 Å². The van der Waals surface area contributed by atoms with E-state index < -0.39 is 0 Å². The zero-order chi connectivity index (χ0) is 12.0. The highest BCUT2D eigenvalue weighted by atomic mass is 16.4. The van der Waals surface area contributed by atoms with Gasteiger partial charge < -0.3 is 5.21 Å². The van der Waals surface area contributed by atoms with Crippen LogP contribution in [0.3, 0.4) is 0 Å². The van der Waals surface area contributed by atoms with Gasteiger partial charge in [0.05, 0.1) is 5.71 Å². The third kappa shape index (κ3) is 3.09. The maximum absolute atomic E-state index is 9.20. The SMILES string of the molecule is CCCCC(C)(C)C(=NO)c1ccccc1. The number of unbranched alkanes of at least 4 members (excludes halogenated alkanes) is 1. The monoisotopic (exact) mass is 219 g/mol. The number of rotatable bonds is 5. The summed E-state index contributed by atoms with van der Waals surface area (Å²) in [5.74, 6) is 0. The van der Waals surface area contributed by atoms with Crippen LogP contribution < -0.4 is 0 Å². The number of nitrogens with zero attached hydrogens (tertiary/aromatic N) is 1. The van der Waals surface area contributed by atoms with Gasteiger partial charge in [-0.05, 0) is 12.0 Å². The molecule has 1 aromatic rings. The number of oxime groups is 1. The standard InChI is InChI=1S/C14H21NO/c1-4-5-11-14(2,3)13(15-16)12-9-7-6-8-10-12/h6-10,16H,4-5,11H2,1-3H3. The van der Waals surface area contributed by atoms with Gasteiger partial charge >= 0.3 is 0 Å². The summed E-state index contributed by atoms with van der Waals surface area (Å²) in [6, 6.07) is 9.88. The van der Waals surface area contributed by atoms with E-state index in [0.717, 1.165) is 30.5 Å². The van der Waals surface area contributed by atoms with Crippen molar-refractivity contribution in [2.24, 2.45) is 10.6 Å². The molecule has 2 nitrogen and oxygen atoms in total. The Morgan fingerprint density at radius 1 is 1.25 bits per heavy atom. The maximum atomic E-state index is 9.20. The van der Waals surface area contributed by atoms with Gasteiger partial charge in [-0.15, -0.1) is 0 Å². The molecule has 0 saturated carbocycles. The van der Waals surface area contributed by atoms with Crippen molar-refractivity contribution in [3.05, 3.63) is 35.9 Å². The molecule has 16 heavy (non-hydrogen) atoms. The van der Waals surface area contributed by atoms with Crippen molar-refractivity contribution < 1.29 is 5.21 Å². The first kappa shape index (κ1) is 12.8. The molecule has 0 saturated heterocycles. The second-order valence-corrected chi connectivity index (χ2v) is 4.80. The minimum Gasteiger partial charge on any atom is -0.411 e. The van der Waals surface area contributed by atoms with Gasteiger partial charge in [-0.2, -0.15) is 0 Å². The lowest BCUT2D eigenvalue weighted by atomic mass is 9.79. The van der Waals surface area contributed by atoms with Crippen molar-refractivity contribution in [2.75, 3.05) is 0 Å². The second-order valence-electron chi connectivity index (χ2n) is 4.80. The molecule has 0 aliphatic heterocycles. The van der Waals surface area contributed by atoms with E-state index in [-0.39, 0.29) is 5.41 Å². The van der Waals surface area contributed by atoms with Crippen molar-refractivity contribution in [1.29, 1.82) is 0 Å². The maximum Gasteiger partial charge on any atom is 0.0923 e. The minimum absolute atomic E-state index is 0.0773. The third-order valence-electron chi connectivity index (χ3n) is 2.94. The normalized spacial score (nSPS) is 12.8. The van der Waals surface area contributed by atoms with Gasteiger partial charge in [-0.3, -0.25) is 0 Å². The first-order chi connectivity index (χ1) is 7.61. The van der Waals surface area contributed by atoms with Crippen LogP contribution >= 0.6 is 0 Å². The van der Waals surface area contributed by atoms with Gasteiger partial charge in [0.15, 0.2) is 0 Å². The van der Waals surface area contributed by atoms with Crippen LogP contribution in [-0.4, -0.2) is 10.9 Å². The topological polar surface area (TPSA) is 32.6 Å². The molecule has 0 aliphatic rings. The molecule has 1 rings (SSSR count). The fourth-order valence-electron chi connectivity index (χ4n) is 1.92. The van der Waals surface area contributed by atoms with Gasteiger partial charge in [0.25, 0.3) is 0 Å². The first-order valence-corrected chi connectivity index (χ1v) is 5.89. The van der Waals surface area contributed by atoms with Crippen LogP contribution in [-0.2, 0) is 0 Å². The van der Waals surface area contributed by atoms with E-state index in [1.165, 1.54) is 0 Å². The van der Waals surface area contributed by atoms with Crippen molar-refractivity contribution in [1.82, 2.24) is 0 Å². The lowest BCUT2D eigenvalue weighted by Crippen LogP contribution is -2.25. The van der Waals surface area contributed by atoms with Crippen LogP contribution in [0.5, 0.6) is 0 Å². The third-order valence-corrected chi connectivity index (χ3v) is 2.94. The summed E-state index contributed by atoms with van der Waals surface area (Å²) in [7, 11) is 0. The average molecular weight is 219 g/mol. The van der Waals surface area contributed by atoms with Crippen molar-refractivity contribution >= 4 is 5.71 Å². The van der Waals surface area contributed by atoms with Gasteiger partial charge in [0.2, 0.25) is 0 Å². The molecule has 0 heterocycles. The molecule has 0 bridgehead atoms. The lowest BCUT2D eigenvalue weighted by Gasteiger charge is -2.25. The first-order valence-electron chi connectivity index (χ1n) is 5.89. The number of hydrogen-bond acceptors (Lipinski definition) is 2. The predicted molar refractivity (Wildman–Crippen MR) is 68.1 cm³/mol. The van der Waals surface area contributed by atoms with E-state index in [0.29, 0.717) is 0 Å². The summed E-state index contributed by atoms with van der Waals surface area (Å²) in [6.45, 7) is 6.43. The van der Waals surface area contributed by atoms with Crippen LogP contribution in [0.15, 0.2) is 35.5 Å². The summed E-state index contributed by atoms with van der Waals surface area (Å²) in [5, 5.41) is 12.7. The Labute approximate surface area is 98.0 Å². The quantitative estimate of drug-likeness (QED) is 0.451. The van der Waals surface area contributed by atoms with Crippen molar-refractivity contribution in [2.45, 2.75) is 40.0 Å². The average Bonchev–Trinajstić information content (AvgIpc) is 2.28. The molecule has 1 aromatic carbocycles. The van der Waals surface area contributed by atoms with Crippen LogP contribution in [0, 0.1) is 5.41 Å². The summed E-state index contributed by atoms with van der Waals surface area (Å²) in [6.07, 6.45) is 3.35. The molecular formula is C14H21NO. The van der Waals surface area contributed by atoms with Gasteiger partial charge in [-0.1, -0.05) is 69.1 Å². The molecule has 2 heteroatoms. The van der Waals surface area contributed by atoms with Crippen LogP contribution in [0.25, 0.3) is 0 Å². The Kier molecular flexibility index (Phi) is 4.53. The smallest absolute Gasteiger partial charge is 0.0923 e. The van der Waals surface area contributed by atoms with Crippen LogP contribution in [0.1, 0.15) is 45.6 Å². The molecule has 0 unspecified atom stereocenters. The highest BCUT2D eigenvalue weighted by Crippen LogP contribution is 2.28. The largest absolute Gasteiger partial charge is 0.411 e. The Morgan fingerprint density at radius 3 is 2.38 bits per heavy atom. The van der Waals surface area contributed by atoms with E-state index in [4.69, 9.17) is 0 Å². The molecule has 1 N–H and O–H groups in total. The summed E-state index contributed by atoms with van der Waals surface area (Å²) in [4.78, 5) is 0. The molecule has 0 aromatic heterocycles. The Morgan fingerprint density at radius 2 is 1.88 bits per heavy atom. The van der Waals surface area contributed by atoms with E-state index >= 15 is 0 Å². The molecule has 0 radical (unpaired) electrons. The molecule has 0 fully saturated rings. The predicted octanol–water partition coefficient (Wildman–Crippen LogP) is 4.08. The summed E-state index contributed by atoms with van der Waals surface area (Å²) < 4.78 is 0. The Balaban J connectivity index is 2.91. The number of hydrogen-bond donors (Lipinski definition) is 1. The van der Waals surface area contributed by atoms with Gasteiger partial charge in [-0.25, -0.2) is 0 Å².